The smallest absolute Gasteiger partial charge is 0.291 e. The fourth-order valence-corrected chi connectivity index (χ4v) is 2.55. The third-order valence-electron chi connectivity index (χ3n) is 3.80. The maximum absolute atomic E-state index is 13.2. The van der Waals surface area contributed by atoms with Crippen LogP contribution in [-0.2, 0) is 9.47 Å². The molecule has 7 heteroatoms. The lowest BCUT2D eigenvalue weighted by Gasteiger charge is -2.23. The van der Waals surface area contributed by atoms with Gasteiger partial charge in [0.15, 0.2) is 0 Å². The van der Waals surface area contributed by atoms with Crippen LogP contribution >= 0.6 is 0 Å². The van der Waals surface area contributed by atoms with Crippen LogP contribution in [0, 0.1) is 5.82 Å². The lowest BCUT2D eigenvalue weighted by molar-refractivity contribution is -0.908. The van der Waals surface area contributed by atoms with Crippen molar-refractivity contribution in [2.75, 3.05) is 39.4 Å². The van der Waals surface area contributed by atoms with Crippen molar-refractivity contribution in [3.8, 4) is 0 Å². The quantitative estimate of drug-likeness (QED) is 0.449. The third kappa shape index (κ3) is 7.19. The Labute approximate surface area is 148 Å². The van der Waals surface area contributed by atoms with E-state index in [0.29, 0.717) is 6.54 Å². The van der Waals surface area contributed by atoms with Crippen molar-refractivity contribution in [2.45, 2.75) is 26.4 Å². The molecule has 1 heterocycles. The van der Waals surface area contributed by atoms with Gasteiger partial charge in [0.1, 0.15) is 18.9 Å². The molecule has 6 nitrogen and oxygen atoms in total. The number of amides is 1. The number of carbonyl (C=O) groups is 1. The second-order valence-electron chi connectivity index (χ2n) is 6.28. The van der Waals surface area contributed by atoms with Gasteiger partial charge >= 0.3 is 0 Å². The second-order valence-corrected chi connectivity index (χ2v) is 6.28. The van der Waals surface area contributed by atoms with Gasteiger partial charge < -0.3 is 14.4 Å². The molecule has 0 spiro atoms. The molecule has 2 N–H and O–H groups in total. The average molecular weight is 352 g/mol. The van der Waals surface area contributed by atoms with Crippen LogP contribution < -0.4 is 10.2 Å². The second kappa shape index (κ2) is 10.1. The summed E-state index contributed by atoms with van der Waals surface area (Å²) in [6, 6.07) is 5.71. The molecule has 0 radical (unpaired) electrons. The molecule has 1 aliphatic rings. The summed E-state index contributed by atoms with van der Waals surface area (Å²) in [4.78, 5) is 18.1. The first-order valence-electron chi connectivity index (χ1n) is 8.74. The predicted octanol–water partition coefficient (Wildman–Crippen LogP) is 0.642. The van der Waals surface area contributed by atoms with E-state index in [2.05, 4.69) is 10.3 Å². The Kier molecular flexibility index (Phi) is 7.81. The number of halogens is 1. The number of carbonyl (C=O) groups excluding carboxylic acids is 1. The van der Waals surface area contributed by atoms with Crippen LogP contribution in [0.3, 0.4) is 0 Å². The normalized spacial score (nSPS) is 16.1. The molecule has 1 fully saturated rings. The van der Waals surface area contributed by atoms with E-state index in [-0.39, 0.29) is 17.7 Å². The van der Waals surface area contributed by atoms with E-state index in [1.807, 2.05) is 13.8 Å². The van der Waals surface area contributed by atoms with Crippen molar-refractivity contribution >= 4 is 11.9 Å². The minimum absolute atomic E-state index is 0.114. The number of benzene rings is 1. The van der Waals surface area contributed by atoms with Gasteiger partial charge in [0.25, 0.3) is 11.9 Å². The van der Waals surface area contributed by atoms with Crippen LogP contribution in [0.2, 0.25) is 0 Å². The number of aliphatic imine (C=N–C) groups is 1. The topological polar surface area (TPSA) is 64.4 Å². The Bertz CT molecular complexity index is 587. The summed E-state index contributed by atoms with van der Waals surface area (Å²) in [5.41, 5.74) is 0.234. The maximum Gasteiger partial charge on any atom is 0.291 e. The standard InChI is InChI=1S/C18H26FN3O3/c1-14(2)25-18(20-7-4-8-22-9-11-24-12-10-22)21-17(23)15-5-3-6-16(19)13-15/h3,5-6,13-14H,4,7-12H2,1-2H3,(H,20,21,23)/p+1. The molecular formula is C18H27FN3O3+. The zero-order valence-corrected chi connectivity index (χ0v) is 14.9. The van der Waals surface area contributed by atoms with Crippen LogP contribution in [0.15, 0.2) is 29.3 Å². The SMILES string of the molecule is CC(C)OC(=NCCC[NH+]1CCOCC1)NC(=O)c1cccc(F)c1. The number of nitrogens with zero attached hydrogens (tertiary/aromatic N) is 1. The summed E-state index contributed by atoms with van der Waals surface area (Å²) in [6.07, 6.45) is 0.785. The number of morpholine rings is 1. The van der Waals surface area contributed by atoms with Crippen molar-refractivity contribution in [3.63, 3.8) is 0 Å². The van der Waals surface area contributed by atoms with Gasteiger partial charge in [-0.15, -0.1) is 0 Å². The molecule has 0 aromatic heterocycles. The Morgan fingerprint density at radius 1 is 1.40 bits per heavy atom. The molecule has 1 aromatic rings. The van der Waals surface area contributed by atoms with Gasteiger partial charge in [0.05, 0.1) is 25.9 Å². The first-order valence-corrected chi connectivity index (χ1v) is 8.74. The maximum atomic E-state index is 13.2. The summed E-state index contributed by atoms with van der Waals surface area (Å²) < 4.78 is 24.1. The van der Waals surface area contributed by atoms with E-state index in [9.17, 15) is 9.18 Å². The predicted molar refractivity (Wildman–Crippen MR) is 93.4 cm³/mol. The summed E-state index contributed by atoms with van der Waals surface area (Å²) in [6.45, 7) is 8.97. The number of amidine groups is 1. The van der Waals surface area contributed by atoms with E-state index in [1.54, 1.807) is 6.07 Å². The fourth-order valence-electron chi connectivity index (χ4n) is 2.55. The molecule has 25 heavy (non-hydrogen) atoms. The van der Waals surface area contributed by atoms with Crippen molar-refractivity contribution in [3.05, 3.63) is 35.6 Å². The summed E-state index contributed by atoms with van der Waals surface area (Å²) >= 11 is 0. The molecule has 1 saturated heterocycles. The van der Waals surface area contributed by atoms with Gasteiger partial charge in [0.2, 0.25) is 0 Å². The van der Waals surface area contributed by atoms with Crippen molar-refractivity contribution in [1.29, 1.82) is 0 Å². The number of ether oxygens (including phenoxy) is 2. The fraction of sp³-hybridized carbons (Fsp3) is 0.556. The lowest BCUT2D eigenvalue weighted by Crippen LogP contribution is -3.14. The molecule has 1 aliphatic heterocycles. The Morgan fingerprint density at radius 3 is 2.84 bits per heavy atom. The summed E-state index contributed by atoms with van der Waals surface area (Å²) in [5, 5.41) is 2.63. The molecule has 0 unspecified atom stereocenters. The largest absolute Gasteiger partial charge is 0.462 e. The average Bonchev–Trinajstić information content (AvgIpc) is 2.59. The van der Waals surface area contributed by atoms with Crippen molar-refractivity contribution < 1.29 is 23.6 Å². The van der Waals surface area contributed by atoms with Gasteiger partial charge in [0, 0.05) is 18.5 Å². The highest BCUT2D eigenvalue weighted by molar-refractivity contribution is 6.04. The van der Waals surface area contributed by atoms with E-state index < -0.39 is 11.7 Å². The molecule has 0 atom stereocenters. The van der Waals surface area contributed by atoms with E-state index in [1.165, 1.54) is 23.1 Å². The summed E-state index contributed by atoms with van der Waals surface area (Å²) in [7, 11) is 0. The highest BCUT2D eigenvalue weighted by atomic mass is 19.1. The Morgan fingerprint density at radius 2 is 2.16 bits per heavy atom. The molecule has 0 aliphatic carbocycles. The van der Waals surface area contributed by atoms with Crippen LogP contribution in [0.4, 0.5) is 4.39 Å². The number of rotatable bonds is 6. The van der Waals surface area contributed by atoms with Crippen LogP contribution in [-0.4, -0.2) is 57.4 Å². The molecule has 1 amide bonds. The third-order valence-corrected chi connectivity index (χ3v) is 3.80. The molecule has 138 valence electrons. The van der Waals surface area contributed by atoms with Gasteiger partial charge in [-0.25, -0.2) is 9.38 Å². The first kappa shape index (κ1) is 19.3. The zero-order chi connectivity index (χ0) is 18.1. The van der Waals surface area contributed by atoms with E-state index >= 15 is 0 Å². The monoisotopic (exact) mass is 352 g/mol. The highest BCUT2D eigenvalue weighted by Gasteiger charge is 2.14. The van der Waals surface area contributed by atoms with Crippen molar-refractivity contribution in [1.82, 2.24) is 5.32 Å². The van der Waals surface area contributed by atoms with E-state index in [0.717, 1.165) is 39.3 Å². The van der Waals surface area contributed by atoms with Gasteiger partial charge in [-0.2, -0.15) is 0 Å². The number of hydrogen-bond donors (Lipinski definition) is 2. The minimum atomic E-state index is -0.454. The zero-order valence-electron chi connectivity index (χ0n) is 14.9. The Hall–Kier alpha value is -1.99. The number of hydrogen-bond acceptors (Lipinski definition) is 4. The summed E-state index contributed by atoms with van der Waals surface area (Å²) in [5.74, 6) is -0.887. The Balaban J connectivity index is 1.87. The molecule has 0 saturated carbocycles. The van der Waals surface area contributed by atoms with Gasteiger partial charge in [-0.1, -0.05) is 6.07 Å². The van der Waals surface area contributed by atoms with E-state index in [4.69, 9.17) is 9.47 Å². The molecule has 1 aromatic carbocycles. The van der Waals surface area contributed by atoms with Crippen molar-refractivity contribution in [2.24, 2.45) is 4.99 Å². The molecular weight excluding hydrogens is 325 g/mol. The minimum Gasteiger partial charge on any atom is -0.462 e. The lowest BCUT2D eigenvalue weighted by atomic mass is 10.2. The van der Waals surface area contributed by atoms with Gasteiger partial charge in [-0.05, 0) is 32.0 Å². The highest BCUT2D eigenvalue weighted by Crippen LogP contribution is 2.03. The van der Waals surface area contributed by atoms with Gasteiger partial charge in [-0.3, -0.25) is 10.1 Å². The number of nitrogens with one attached hydrogen (secondary N) is 2. The van der Waals surface area contributed by atoms with Crippen LogP contribution in [0.1, 0.15) is 30.6 Å². The first-order chi connectivity index (χ1) is 12.0. The number of quaternary nitrogens is 1. The van der Waals surface area contributed by atoms with Crippen LogP contribution in [0.25, 0.3) is 0 Å². The molecule has 0 bridgehead atoms. The molecule has 2 rings (SSSR count). The van der Waals surface area contributed by atoms with Crippen LogP contribution in [0.5, 0.6) is 0 Å².